The van der Waals surface area contributed by atoms with Gasteiger partial charge in [0, 0.05) is 5.69 Å². The molecule has 0 bridgehead atoms. The lowest BCUT2D eigenvalue weighted by Gasteiger charge is -2.07. The van der Waals surface area contributed by atoms with Crippen molar-refractivity contribution in [3.05, 3.63) is 58.9 Å². The second-order valence-corrected chi connectivity index (χ2v) is 5.61. The summed E-state index contributed by atoms with van der Waals surface area (Å²) in [5.74, 6) is 0. The molecule has 0 saturated heterocycles. The Kier molecular flexibility index (Phi) is 5.21. The zero-order valence-electron chi connectivity index (χ0n) is 14.0. The third-order valence-corrected chi connectivity index (χ3v) is 3.67. The van der Waals surface area contributed by atoms with Crippen molar-refractivity contribution in [2.75, 3.05) is 0 Å². The van der Waals surface area contributed by atoms with Crippen LogP contribution in [0.4, 0.5) is 5.69 Å². The Labute approximate surface area is 132 Å². The maximum Gasteiger partial charge on any atom is 0.0815 e. The Morgan fingerprint density at radius 1 is 0.909 bits per heavy atom. The largest absolute Gasteiger partial charge is 0.282 e. The minimum atomic E-state index is 0.590. The molecule has 0 atom stereocenters. The van der Waals surface area contributed by atoms with Crippen molar-refractivity contribution in [3.63, 3.8) is 0 Å². The smallest absolute Gasteiger partial charge is 0.0815 e. The van der Waals surface area contributed by atoms with Gasteiger partial charge in [-0.2, -0.15) is 0 Å². The third-order valence-electron chi connectivity index (χ3n) is 3.67. The highest BCUT2D eigenvalue weighted by Crippen LogP contribution is 2.23. The second-order valence-electron chi connectivity index (χ2n) is 5.61. The van der Waals surface area contributed by atoms with Gasteiger partial charge in [-0.25, -0.2) is 0 Å². The molecule has 22 heavy (non-hydrogen) atoms. The predicted octanol–water partition coefficient (Wildman–Crippen LogP) is 4.76. The number of aliphatic imine (C=N–C) groups is 2. The van der Waals surface area contributed by atoms with Crippen LogP contribution in [0, 0.1) is 20.8 Å². The number of nitrogens with zero attached hydrogens (tertiary/aromatic N) is 3. The number of benzene rings is 1. The first-order valence-electron chi connectivity index (χ1n) is 7.53. The number of aromatic nitrogens is 1. The van der Waals surface area contributed by atoms with Crippen LogP contribution in [0.1, 0.15) is 36.4 Å². The Hall–Kier alpha value is -2.29. The van der Waals surface area contributed by atoms with Crippen LogP contribution in [-0.2, 0) is 6.54 Å². The van der Waals surface area contributed by atoms with Gasteiger partial charge in [-0.1, -0.05) is 24.3 Å². The Balaban J connectivity index is 2.19. The molecule has 0 aliphatic carbocycles. The molecule has 3 nitrogen and oxygen atoms in total. The SMILES string of the molecule is CC(=NCc1cccc(C)n1)C(C)=Nc1c(C)cccc1C. The van der Waals surface area contributed by atoms with Gasteiger partial charge in [0.05, 0.1) is 29.3 Å². The average Bonchev–Trinajstić information content (AvgIpc) is 2.48. The summed E-state index contributed by atoms with van der Waals surface area (Å²) in [6.45, 7) is 10.8. The summed E-state index contributed by atoms with van der Waals surface area (Å²) in [6.07, 6.45) is 0. The quantitative estimate of drug-likeness (QED) is 0.749. The molecule has 0 fully saturated rings. The van der Waals surface area contributed by atoms with E-state index in [0.29, 0.717) is 6.54 Å². The molecule has 1 aromatic heterocycles. The normalized spacial score (nSPS) is 12.6. The maximum atomic E-state index is 4.75. The molecule has 0 spiro atoms. The van der Waals surface area contributed by atoms with Crippen molar-refractivity contribution >= 4 is 17.1 Å². The molecule has 1 heterocycles. The first kappa shape index (κ1) is 16.1. The van der Waals surface area contributed by atoms with E-state index in [0.717, 1.165) is 28.5 Å². The summed E-state index contributed by atoms with van der Waals surface area (Å²) < 4.78 is 0. The zero-order valence-corrected chi connectivity index (χ0v) is 14.0. The number of pyridine rings is 1. The van der Waals surface area contributed by atoms with Gasteiger partial charge < -0.3 is 0 Å². The van der Waals surface area contributed by atoms with Crippen molar-refractivity contribution in [3.8, 4) is 0 Å². The maximum absolute atomic E-state index is 4.75. The minimum Gasteiger partial charge on any atom is -0.282 e. The van der Waals surface area contributed by atoms with Crippen LogP contribution in [-0.4, -0.2) is 16.4 Å². The molecular weight excluding hydrogens is 270 g/mol. The van der Waals surface area contributed by atoms with E-state index >= 15 is 0 Å². The van der Waals surface area contributed by atoms with E-state index in [1.165, 1.54) is 11.1 Å². The minimum absolute atomic E-state index is 0.590. The summed E-state index contributed by atoms with van der Waals surface area (Å²) in [6, 6.07) is 12.2. The fraction of sp³-hybridized carbons (Fsp3) is 0.316. The second kappa shape index (κ2) is 7.12. The van der Waals surface area contributed by atoms with Gasteiger partial charge in [0.25, 0.3) is 0 Å². The molecule has 0 saturated carbocycles. The van der Waals surface area contributed by atoms with E-state index in [1.807, 2.05) is 39.0 Å². The number of para-hydroxylation sites is 1. The van der Waals surface area contributed by atoms with Crippen LogP contribution < -0.4 is 0 Å². The fourth-order valence-electron chi connectivity index (χ4n) is 2.23. The van der Waals surface area contributed by atoms with Gasteiger partial charge in [0.2, 0.25) is 0 Å². The van der Waals surface area contributed by atoms with Crippen LogP contribution in [0.25, 0.3) is 0 Å². The number of hydrogen-bond acceptors (Lipinski definition) is 3. The van der Waals surface area contributed by atoms with Gasteiger partial charge in [-0.15, -0.1) is 0 Å². The number of rotatable bonds is 4. The molecular formula is C19H23N3. The van der Waals surface area contributed by atoms with Gasteiger partial charge >= 0.3 is 0 Å². The molecule has 0 amide bonds. The van der Waals surface area contributed by atoms with Crippen molar-refractivity contribution in [2.45, 2.75) is 41.2 Å². The van der Waals surface area contributed by atoms with Crippen molar-refractivity contribution in [2.24, 2.45) is 9.98 Å². The lowest BCUT2D eigenvalue weighted by Crippen LogP contribution is -2.06. The van der Waals surface area contributed by atoms with Gasteiger partial charge in [0.1, 0.15) is 0 Å². The van der Waals surface area contributed by atoms with Crippen molar-refractivity contribution in [1.82, 2.24) is 4.98 Å². The highest BCUT2D eigenvalue weighted by molar-refractivity contribution is 6.41. The molecule has 1 aromatic carbocycles. The molecule has 0 radical (unpaired) electrons. The molecule has 3 heteroatoms. The van der Waals surface area contributed by atoms with Gasteiger partial charge in [-0.3, -0.25) is 15.0 Å². The summed E-state index contributed by atoms with van der Waals surface area (Å²) in [7, 11) is 0. The van der Waals surface area contributed by atoms with E-state index in [-0.39, 0.29) is 0 Å². The summed E-state index contributed by atoms with van der Waals surface area (Å²) in [4.78, 5) is 13.8. The molecule has 0 unspecified atom stereocenters. The molecule has 114 valence electrons. The van der Waals surface area contributed by atoms with E-state index in [9.17, 15) is 0 Å². The van der Waals surface area contributed by atoms with Crippen LogP contribution >= 0.6 is 0 Å². The first-order valence-corrected chi connectivity index (χ1v) is 7.53. The third kappa shape index (κ3) is 4.10. The lowest BCUT2D eigenvalue weighted by molar-refractivity contribution is 0.970. The van der Waals surface area contributed by atoms with Crippen LogP contribution in [0.5, 0.6) is 0 Å². The van der Waals surface area contributed by atoms with Crippen molar-refractivity contribution in [1.29, 1.82) is 0 Å². The molecule has 2 aromatic rings. The fourth-order valence-corrected chi connectivity index (χ4v) is 2.23. The van der Waals surface area contributed by atoms with E-state index in [1.54, 1.807) is 0 Å². The predicted molar refractivity (Wildman–Crippen MR) is 94.5 cm³/mol. The Morgan fingerprint density at radius 2 is 1.55 bits per heavy atom. The Morgan fingerprint density at radius 3 is 2.18 bits per heavy atom. The number of aryl methyl sites for hydroxylation is 3. The van der Waals surface area contributed by atoms with Gasteiger partial charge in [0.15, 0.2) is 0 Å². The molecule has 0 aliphatic rings. The first-order chi connectivity index (χ1) is 10.5. The highest BCUT2D eigenvalue weighted by atomic mass is 14.8. The molecule has 0 aliphatic heterocycles. The standard InChI is InChI=1S/C19H23N3/c1-13-8-6-9-14(2)19(13)22-17(5)16(4)20-12-18-11-7-10-15(3)21-18/h6-11H,12H2,1-5H3. The van der Waals surface area contributed by atoms with Crippen molar-refractivity contribution < 1.29 is 0 Å². The summed E-state index contributed by atoms with van der Waals surface area (Å²) >= 11 is 0. The van der Waals surface area contributed by atoms with Crippen LogP contribution in [0.2, 0.25) is 0 Å². The topological polar surface area (TPSA) is 37.6 Å². The Bertz CT molecular complexity index is 707. The van der Waals surface area contributed by atoms with E-state index < -0.39 is 0 Å². The number of hydrogen-bond donors (Lipinski definition) is 0. The average molecular weight is 293 g/mol. The molecule has 2 rings (SSSR count). The van der Waals surface area contributed by atoms with E-state index in [2.05, 4.69) is 42.0 Å². The highest BCUT2D eigenvalue weighted by Gasteiger charge is 2.03. The summed E-state index contributed by atoms with van der Waals surface area (Å²) in [5, 5.41) is 0. The van der Waals surface area contributed by atoms with E-state index in [4.69, 9.17) is 4.99 Å². The van der Waals surface area contributed by atoms with Gasteiger partial charge in [-0.05, 0) is 57.9 Å². The summed E-state index contributed by atoms with van der Waals surface area (Å²) in [5.41, 5.74) is 7.32. The molecule has 0 N–H and O–H groups in total. The van der Waals surface area contributed by atoms with Crippen LogP contribution in [0.15, 0.2) is 46.4 Å². The zero-order chi connectivity index (χ0) is 16.1. The lowest BCUT2D eigenvalue weighted by atomic mass is 10.1. The van der Waals surface area contributed by atoms with Crippen LogP contribution in [0.3, 0.4) is 0 Å². The monoisotopic (exact) mass is 293 g/mol.